The Labute approximate surface area is 136 Å². The van der Waals surface area contributed by atoms with E-state index in [2.05, 4.69) is 26.6 Å². The molecule has 0 atom stereocenters. The summed E-state index contributed by atoms with van der Waals surface area (Å²) in [6.45, 7) is 0.223. The minimum atomic E-state index is -0.323. The molecular formula is C16H15BrN2O3. The van der Waals surface area contributed by atoms with Gasteiger partial charge in [0.1, 0.15) is 5.76 Å². The van der Waals surface area contributed by atoms with E-state index in [0.29, 0.717) is 12.3 Å². The summed E-state index contributed by atoms with van der Waals surface area (Å²) in [4.78, 5) is 23.2. The molecule has 0 aliphatic carbocycles. The van der Waals surface area contributed by atoms with E-state index in [1.54, 1.807) is 18.2 Å². The molecule has 0 bridgehead atoms. The van der Waals surface area contributed by atoms with Gasteiger partial charge in [-0.2, -0.15) is 0 Å². The Kier molecular flexibility index (Phi) is 5.97. The number of carbonyl (C=O) groups is 2. The molecule has 0 unspecified atom stereocenters. The SMILES string of the molecule is O=C(/C=C/c1ccc(Br)cc1)NCC(=O)NCc1ccco1. The molecule has 0 saturated carbocycles. The predicted molar refractivity (Wildman–Crippen MR) is 86.7 cm³/mol. The van der Waals surface area contributed by atoms with Crippen LogP contribution in [0.25, 0.3) is 6.08 Å². The van der Waals surface area contributed by atoms with Gasteiger partial charge >= 0.3 is 0 Å². The van der Waals surface area contributed by atoms with Crippen LogP contribution < -0.4 is 10.6 Å². The summed E-state index contributed by atoms with van der Waals surface area (Å²) >= 11 is 3.34. The van der Waals surface area contributed by atoms with Gasteiger partial charge in [0.25, 0.3) is 0 Å². The standard InChI is InChI=1S/C16H15BrN2O3/c17-13-6-3-12(4-7-13)5-8-15(20)19-11-16(21)18-10-14-2-1-9-22-14/h1-9H,10-11H2,(H,18,21)(H,19,20)/b8-5+. The van der Waals surface area contributed by atoms with Crippen LogP contribution in [0.15, 0.2) is 57.6 Å². The molecule has 6 heteroatoms. The normalized spacial score (nSPS) is 10.6. The number of rotatable bonds is 6. The van der Waals surface area contributed by atoms with Crippen LogP contribution in [-0.4, -0.2) is 18.4 Å². The third kappa shape index (κ3) is 5.57. The summed E-state index contributed by atoms with van der Waals surface area (Å²) in [5.74, 6) is 0.0627. The van der Waals surface area contributed by atoms with Crippen molar-refractivity contribution in [3.63, 3.8) is 0 Å². The number of carbonyl (C=O) groups excluding carboxylic acids is 2. The van der Waals surface area contributed by atoms with Crippen LogP contribution in [0.2, 0.25) is 0 Å². The lowest BCUT2D eigenvalue weighted by Crippen LogP contribution is -2.35. The molecule has 0 aliphatic heterocycles. The quantitative estimate of drug-likeness (QED) is 0.775. The maximum absolute atomic E-state index is 11.6. The molecule has 1 aromatic carbocycles. The fourth-order valence-corrected chi connectivity index (χ4v) is 1.90. The average Bonchev–Trinajstić information content (AvgIpc) is 3.04. The Hall–Kier alpha value is -2.34. The van der Waals surface area contributed by atoms with Gasteiger partial charge in [0, 0.05) is 10.5 Å². The number of furan rings is 1. The first-order valence-corrected chi connectivity index (χ1v) is 7.43. The van der Waals surface area contributed by atoms with Crippen molar-refractivity contribution in [1.29, 1.82) is 0 Å². The predicted octanol–water partition coefficient (Wildman–Crippen LogP) is 2.49. The number of amides is 2. The van der Waals surface area contributed by atoms with Crippen molar-refractivity contribution in [3.8, 4) is 0 Å². The van der Waals surface area contributed by atoms with Crippen molar-refractivity contribution in [2.24, 2.45) is 0 Å². The van der Waals surface area contributed by atoms with Crippen LogP contribution >= 0.6 is 15.9 Å². The molecule has 1 aromatic heterocycles. The maximum atomic E-state index is 11.6. The van der Waals surface area contributed by atoms with Gasteiger partial charge in [-0.25, -0.2) is 0 Å². The molecule has 2 rings (SSSR count). The van der Waals surface area contributed by atoms with Crippen molar-refractivity contribution >= 4 is 33.8 Å². The molecule has 0 fully saturated rings. The van der Waals surface area contributed by atoms with E-state index in [9.17, 15) is 9.59 Å². The molecule has 5 nitrogen and oxygen atoms in total. The fraction of sp³-hybridized carbons (Fsp3) is 0.125. The molecule has 0 radical (unpaired) electrons. The summed E-state index contributed by atoms with van der Waals surface area (Å²) in [6, 6.07) is 11.0. The summed E-state index contributed by atoms with van der Waals surface area (Å²) in [7, 11) is 0. The smallest absolute Gasteiger partial charge is 0.244 e. The van der Waals surface area contributed by atoms with Gasteiger partial charge in [-0.15, -0.1) is 0 Å². The lowest BCUT2D eigenvalue weighted by atomic mass is 10.2. The monoisotopic (exact) mass is 362 g/mol. The zero-order chi connectivity index (χ0) is 15.8. The fourth-order valence-electron chi connectivity index (χ4n) is 1.63. The highest BCUT2D eigenvalue weighted by Gasteiger charge is 2.04. The largest absolute Gasteiger partial charge is 0.467 e. The Morgan fingerprint density at radius 1 is 1.14 bits per heavy atom. The van der Waals surface area contributed by atoms with E-state index in [0.717, 1.165) is 10.0 Å². The van der Waals surface area contributed by atoms with E-state index in [4.69, 9.17) is 4.42 Å². The average molecular weight is 363 g/mol. The third-order valence-electron chi connectivity index (χ3n) is 2.76. The topological polar surface area (TPSA) is 71.3 Å². The summed E-state index contributed by atoms with van der Waals surface area (Å²) < 4.78 is 6.06. The summed E-state index contributed by atoms with van der Waals surface area (Å²) in [5.41, 5.74) is 0.903. The molecule has 22 heavy (non-hydrogen) atoms. The summed E-state index contributed by atoms with van der Waals surface area (Å²) in [5, 5.41) is 5.16. The minimum absolute atomic E-state index is 0.0791. The third-order valence-corrected chi connectivity index (χ3v) is 3.29. The zero-order valence-corrected chi connectivity index (χ0v) is 13.3. The van der Waals surface area contributed by atoms with Crippen molar-refractivity contribution in [2.75, 3.05) is 6.54 Å². The van der Waals surface area contributed by atoms with E-state index in [1.165, 1.54) is 12.3 Å². The van der Waals surface area contributed by atoms with Gasteiger partial charge in [-0.3, -0.25) is 9.59 Å². The van der Waals surface area contributed by atoms with Gasteiger partial charge in [-0.1, -0.05) is 28.1 Å². The maximum Gasteiger partial charge on any atom is 0.244 e. The highest BCUT2D eigenvalue weighted by atomic mass is 79.9. The van der Waals surface area contributed by atoms with Crippen LogP contribution in [0, 0.1) is 0 Å². The molecule has 2 aromatic rings. The van der Waals surface area contributed by atoms with E-state index in [-0.39, 0.29) is 18.4 Å². The molecule has 2 N–H and O–H groups in total. The van der Waals surface area contributed by atoms with Gasteiger partial charge < -0.3 is 15.1 Å². The Morgan fingerprint density at radius 3 is 2.59 bits per heavy atom. The second-order valence-electron chi connectivity index (χ2n) is 4.46. The highest BCUT2D eigenvalue weighted by Crippen LogP contribution is 2.11. The second-order valence-corrected chi connectivity index (χ2v) is 5.37. The van der Waals surface area contributed by atoms with Crippen molar-refractivity contribution < 1.29 is 14.0 Å². The number of hydrogen-bond acceptors (Lipinski definition) is 3. The van der Waals surface area contributed by atoms with Crippen LogP contribution in [0.1, 0.15) is 11.3 Å². The first-order valence-electron chi connectivity index (χ1n) is 6.64. The van der Waals surface area contributed by atoms with Crippen LogP contribution in [-0.2, 0) is 16.1 Å². The first kappa shape index (κ1) is 16.0. The van der Waals surface area contributed by atoms with Crippen molar-refractivity contribution in [2.45, 2.75) is 6.54 Å². The highest BCUT2D eigenvalue weighted by molar-refractivity contribution is 9.10. The van der Waals surface area contributed by atoms with Crippen molar-refractivity contribution in [3.05, 3.63) is 64.5 Å². The number of halogens is 1. The molecule has 1 heterocycles. The number of nitrogens with one attached hydrogen (secondary N) is 2. The van der Waals surface area contributed by atoms with Gasteiger partial charge in [0.15, 0.2) is 0 Å². The number of hydrogen-bond donors (Lipinski definition) is 2. The zero-order valence-electron chi connectivity index (χ0n) is 11.7. The molecule has 114 valence electrons. The Balaban J connectivity index is 1.70. The molecule has 0 spiro atoms. The van der Waals surface area contributed by atoms with Crippen LogP contribution in [0.4, 0.5) is 0 Å². The van der Waals surface area contributed by atoms with Gasteiger partial charge in [0.05, 0.1) is 19.4 Å². The van der Waals surface area contributed by atoms with Crippen LogP contribution in [0.5, 0.6) is 0 Å². The number of benzene rings is 1. The van der Waals surface area contributed by atoms with Gasteiger partial charge in [0.2, 0.25) is 11.8 Å². The Morgan fingerprint density at radius 2 is 1.91 bits per heavy atom. The molecule has 0 aliphatic rings. The van der Waals surface area contributed by atoms with E-state index in [1.807, 2.05) is 24.3 Å². The molecular weight excluding hydrogens is 348 g/mol. The van der Waals surface area contributed by atoms with Crippen molar-refractivity contribution in [1.82, 2.24) is 10.6 Å². The lowest BCUT2D eigenvalue weighted by Gasteiger charge is -2.03. The van der Waals surface area contributed by atoms with Crippen LogP contribution in [0.3, 0.4) is 0 Å². The molecule has 2 amide bonds. The Bertz CT molecular complexity index is 649. The molecule has 0 saturated heterocycles. The van der Waals surface area contributed by atoms with E-state index >= 15 is 0 Å². The summed E-state index contributed by atoms with van der Waals surface area (Å²) in [6.07, 6.45) is 4.61. The first-order chi connectivity index (χ1) is 10.6. The van der Waals surface area contributed by atoms with Gasteiger partial charge in [-0.05, 0) is 35.9 Å². The second kappa shape index (κ2) is 8.19. The van der Waals surface area contributed by atoms with E-state index < -0.39 is 0 Å². The minimum Gasteiger partial charge on any atom is -0.467 e. The lowest BCUT2D eigenvalue weighted by molar-refractivity contribution is -0.124.